The molecule has 5 nitrogen and oxygen atoms in total. The fourth-order valence-electron chi connectivity index (χ4n) is 2.38. The summed E-state index contributed by atoms with van der Waals surface area (Å²) in [4.78, 5) is 23.5. The quantitative estimate of drug-likeness (QED) is 0.616. The summed E-state index contributed by atoms with van der Waals surface area (Å²) in [6.07, 6.45) is 0. The Morgan fingerprint density at radius 2 is 1.88 bits per heavy atom. The third-order valence-electron chi connectivity index (χ3n) is 3.57. The number of hydrogen-bond donors (Lipinski definition) is 1. The van der Waals surface area contributed by atoms with Crippen LogP contribution in [0.3, 0.4) is 0 Å². The first kappa shape index (κ1) is 18.4. The summed E-state index contributed by atoms with van der Waals surface area (Å²) in [5.74, 6) is -0.373. The fourth-order valence-corrected chi connectivity index (χ4v) is 3.75. The normalized spacial score (nSPS) is 10.8. The minimum Gasteiger partial charge on any atom is -0.491 e. The molecule has 2 aromatic carbocycles. The number of fused-ring (bicyclic) bond motifs is 1. The van der Waals surface area contributed by atoms with E-state index in [0.29, 0.717) is 16.2 Å². The Morgan fingerprint density at radius 1 is 1.12 bits per heavy atom. The van der Waals surface area contributed by atoms with Crippen LogP contribution >= 0.6 is 22.9 Å². The van der Waals surface area contributed by atoms with Gasteiger partial charge in [0, 0.05) is 16.3 Å². The number of ether oxygens (including phenoxy) is 2. The second-order valence-electron chi connectivity index (χ2n) is 5.41. The molecule has 0 unspecified atom stereocenters. The van der Waals surface area contributed by atoms with Gasteiger partial charge >= 0.3 is 5.97 Å². The second kappa shape index (κ2) is 8.31. The molecule has 0 aliphatic rings. The predicted octanol–water partition coefficient (Wildman–Crippen LogP) is 4.06. The van der Waals surface area contributed by atoms with Crippen molar-refractivity contribution in [1.82, 2.24) is 0 Å². The SMILES string of the molecule is O=C(O)COCCOc1ccc(-c2cc(=O)c3cccc(Cl)c3s2)cc1. The lowest BCUT2D eigenvalue weighted by molar-refractivity contribution is -0.142. The number of aliphatic carboxylic acids is 1. The van der Waals surface area contributed by atoms with E-state index >= 15 is 0 Å². The van der Waals surface area contributed by atoms with Gasteiger partial charge < -0.3 is 14.6 Å². The fraction of sp³-hybridized carbons (Fsp3) is 0.158. The molecule has 0 fully saturated rings. The summed E-state index contributed by atoms with van der Waals surface area (Å²) >= 11 is 7.68. The standard InChI is InChI=1S/C19H15ClO5S/c20-15-3-1-2-14-16(21)10-17(26-19(14)15)12-4-6-13(7-5-12)25-9-8-24-11-18(22)23/h1-7,10H,8-9,11H2,(H,22,23). The van der Waals surface area contributed by atoms with Gasteiger partial charge in [-0.15, -0.1) is 11.3 Å². The predicted molar refractivity (Wildman–Crippen MR) is 102 cm³/mol. The number of carboxylic acid groups (broad SMARTS) is 1. The maximum atomic E-state index is 12.3. The summed E-state index contributed by atoms with van der Waals surface area (Å²) in [5.41, 5.74) is 0.829. The molecule has 26 heavy (non-hydrogen) atoms. The molecule has 0 amide bonds. The van der Waals surface area contributed by atoms with Crippen LogP contribution in [0.4, 0.5) is 0 Å². The van der Waals surface area contributed by atoms with E-state index in [9.17, 15) is 9.59 Å². The molecule has 0 aliphatic heterocycles. The van der Waals surface area contributed by atoms with E-state index in [1.807, 2.05) is 12.1 Å². The third kappa shape index (κ3) is 4.40. The molecule has 1 aromatic heterocycles. The lowest BCUT2D eigenvalue weighted by Gasteiger charge is -2.08. The summed E-state index contributed by atoms with van der Waals surface area (Å²) in [6, 6.07) is 14.2. The Morgan fingerprint density at radius 3 is 2.62 bits per heavy atom. The van der Waals surface area contributed by atoms with Gasteiger partial charge in [-0.3, -0.25) is 4.79 Å². The van der Waals surface area contributed by atoms with Crippen LogP contribution in [0, 0.1) is 0 Å². The van der Waals surface area contributed by atoms with Crippen LogP contribution in [0.15, 0.2) is 53.3 Å². The van der Waals surface area contributed by atoms with Crippen molar-refractivity contribution in [1.29, 1.82) is 0 Å². The van der Waals surface area contributed by atoms with Crippen molar-refractivity contribution in [3.63, 3.8) is 0 Å². The Hall–Kier alpha value is -2.41. The first-order valence-electron chi connectivity index (χ1n) is 7.80. The van der Waals surface area contributed by atoms with E-state index in [0.717, 1.165) is 15.1 Å². The van der Waals surface area contributed by atoms with Gasteiger partial charge in [-0.2, -0.15) is 0 Å². The van der Waals surface area contributed by atoms with Gasteiger partial charge in [0.15, 0.2) is 5.43 Å². The second-order valence-corrected chi connectivity index (χ2v) is 6.87. The van der Waals surface area contributed by atoms with Crippen LogP contribution in [0.1, 0.15) is 0 Å². The molecule has 0 saturated heterocycles. The molecular weight excluding hydrogens is 376 g/mol. The average Bonchev–Trinajstić information content (AvgIpc) is 2.62. The molecule has 1 N–H and O–H groups in total. The molecule has 0 radical (unpaired) electrons. The largest absolute Gasteiger partial charge is 0.491 e. The molecule has 1 heterocycles. The maximum Gasteiger partial charge on any atom is 0.329 e. The molecule has 7 heteroatoms. The molecule has 0 aliphatic carbocycles. The molecule has 3 aromatic rings. The Kier molecular flexibility index (Phi) is 5.88. The number of carbonyl (C=O) groups is 1. The highest BCUT2D eigenvalue weighted by molar-refractivity contribution is 7.22. The van der Waals surface area contributed by atoms with Crippen molar-refractivity contribution in [3.05, 3.63) is 63.8 Å². The zero-order valence-corrected chi connectivity index (χ0v) is 15.2. The number of halogens is 1. The highest BCUT2D eigenvalue weighted by atomic mass is 35.5. The van der Waals surface area contributed by atoms with E-state index in [4.69, 9.17) is 26.2 Å². The van der Waals surface area contributed by atoms with Gasteiger partial charge in [-0.05, 0) is 42.0 Å². The molecule has 0 atom stereocenters. The van der Waals surface area contributed by atoms with Crippen LogP contribution in [0.5, 0.6) is 5.75 Å². The number of rotatable bonds is 7. The molecule has 134 valence electrons. The minimum atomic E-state index is -1.01. The average molecular weight is 391 g/mol. The van der Waals surface area contributed by atoms with Crippen molar-refractivity contribution in [3.8, 4) is 16.2 Å². The molecule has 0 bridgehead atoms. The van der Waals surface area contributed by atoms with Crippen LogP contribution in [0.2, 0.25) is 5.02 Å². The first-order valence-corrected chi connectivity index (χ1v) is 8.99. The van der Waals surface area contributed by atoms with E-state index in [1.165, 1.54) is 11.3 Å². The van der Waals surface area contributed by atoms with Crippen molar-refractivity contribution in [2.24, 2.45) is 0 Å². The van der Waals surface area contributed by atoms with Gasteiger partial charge in [0.2, 0.25) is 0 Å². The summed E-state index contributed by atoms with van der Waals surface area (Å²) in [6.45, 7) is 0.107. The molecule has 3 rings (SSSR count). The zero-order chi connectivity index (χ0) is 18.5. The summed E-state index contributed by atoms with van der Waals surface area (Å²) in [7, 11) is 0. The van der Waals surface area contributed by atoms with E-state index in [1.54, 1.807) is 36.4 Å². The smallest absolute Gasteiger partial charge is 0.329 e. The highest BCUT2D eigenvalue weighted by Gasteiger charge is 2.08. The van der Waals surface area contributed by atoms with Crippen molar-refractivity contribution < 1.29 is 19.4 Å². The molecule has 0 saturated carbocycles. The van der Waals surface area contributed by atoms with E-state index < -0.39 is 5.97 Å². The number of hydrogen-bond acceptors (Lipinski definition) is 5. The van der Waals surface area contributed by atoms with E-state index in [2.05, 4.69) is 0 Å². The van der Waals surface area contributed by atoms with Crippen LogP contribution < -0.4 is 10.2 Å². The third-order valence-corrected chi connectivity index (χ3v) is 5.21. The lowest BCUT2D eigenvalue weighted by atomic mass is 10.1. The van der Waals surface area contributed by atoms with Crippen LogP contribution in [-0.2, 0) is 9.53 Å². The van der Waals surface area contributed by atoms with Gasteiger partial charge in [-0.1, -0.05) is 17.7 Å². The molecular formula is C19H15ClO5S. The van der Waals surface area contributed by atoms with Gasteiger partial charge in [0.05, 0.1) is 16.3 Å². The topological polar surface area (TPSA) is 72.8 Å². The van der Waals surface area contributed by atoms with Gasteiger partial charge in [0.25, 0.3) is 0 Å². The first-order chi connectivity index (χ1) is 12.5. The Balaban J connectivity index is 1.72. The highest BCUT2D eigenvalue weighted by Crippen LogP contribution is 2.32. The Bertz CT molecular complexity index is 981. The van der Waals surface area contributed by atoms with Crippen LogP contribution in [0.25, 0.3) is 20.5 Å². The lowest BCUT2D eigenvalue weighted by Crippen LogP contribution is -2.12. The summed E-state index contributed by atoms with van der Waals surface area (Å²) in [5, 5.41) is 9.66. The maximum absolute atomic E-state index is 12.3. The zero-order valence-electron chi connectivity index (χ0n) is 13.6. The van der Waals surface area contributed by atoms with Crippen molar-refractivity contribution in [2.75, 3.05) is 19.8 Å². The minimum absolute atomic E-state index is 0.0628. The van der Waals surface area contributed by atoms with Crippen molar-refractivity contribution >= 4 is 39.0 Å². The number of benzene rings is 2. The monoisotopic (exact) mass is 390 g/mol. The van der Waals surface area contributed by atoms with Gasteiger partial charge in [-0.25, -0.2) is 4.79 Å². The Labute approximate surface area is 158 Å². The van der Waals surface area contributed by atoms with Gasteiger partial charge in [0.1, 0.15) is 19.0 Å². The van der Waals surface area contributed by atoms with E-state index in [-0.39, 0.29) is 25.2 Å². The van der Waals surface area contributed by atoms with Crippen LogP contribution in [-0.4, -0.2) is 30.9 Å². The van der Waals surface area contributed by atoms with Crippen molar-refractivity contribution in [2.45, 2.75) is 0 Å². The summed E-state index contributed by atoms with van der Waals surface area (Å²) < 4.78 is 11.2. The molecule has 0 spiro atoms. The number of carboxylic acids is 1.